The second-order valence-electron chi connectivity index (χ2n) is 4.36. The standard InChI is InChI=1S/C15H17F2NO3/c1-3-4-9-21-14(20)8-5-11-13(18-10(2)19)7-6-12(16)15(11)17/h5-8H,3-4,9H2,1-2H3,(H,18,19)/b8-5+. The highest BCUT2D eigenvalue weighted by molar-refractivity contribution is 5.93. The Morgan fingerprint density at radius 2 is 2.05 bits per heavy atom. The number of ether oxygens (including phenoxy) is 1. The van der Waals surface area contributed by atoms with Crippen molar-refractivity contribution in [3.8, 4) is 0 Å². The third kappa shape index (κ3) is 5.33. The monoisotopic (exact) mass is 297 g/mol. The molecule has 0 atom stereocenters. The van der Waals surface area contributed by atoms with Gasteiger partial charge in [0, 0.05) is 18.6 Å². The predicted molar refractivity (Wildman–Crippen MR) is 75.6 cm³/mol. The lowest BCUT2D eigenvalue weighted by Crippen LogP contribution is -2.09. The van der Waals surface area contributed by atoms with E-state index in [2.05, 4.69) is 5.32 Å². The van der Waals surface area contributed by atoms with Gasteiger partial charge in [-0.2, -0.15) is 0 Å². The maximum Gasteiger partial charge on any atom is 0.330 e. The highest BCUT2D eigenvalue weighted by atomic mass is 19.2. The fourth-order valence-electron chi connectivity index (χ4n) is 1.54. The second-order valence-corrected chi connectivity index (χ2v) is 4.36. The minimum atomic E-state index is -1.14. The number of anilines is 1. The van der Waals surface area contributed by atoms with Crippen LogP contribution in [0.15, 0.2) is 18.2 Å². The van der Waals surface area contributed by atoms with Gasteiger partial charge in [-0.25, -0.2) is 13.6 Å². The molecule has 1 amide bonds. The second kappa shape index (κ2) is 8.14. The van der Waals surface area contributed by atoms with Crippen molar-refractivity contribution in [3.63, 3.8) is 0 Å². The minimum absolute atomic E-state index is 0.0824. The van der Waals surface area contributed by atoms with Crippen molar-refractivity contribution in [1.82, 2.24) is 0 Å². The molecule has 0 aliphatic carbocycles. The lowest BCUT2D eigenvalue weighted by Gasteiger charge is -2.08. The molecule has 0 unspecified atom stereocenters. The van der Waals surface area contributed by atoms with E-state index in [0.29, 0.717) is 0 Å². The lowest BCUT2D eigenvalue weighted by molar-refractivity contribution is -0.137. The van der Waals surface area contributed by atoms with Gasteiger partial charge in [-0.3, -0.25) is 4.79 Å². The fourth-order valence-corrected chi connectivity index (χ4v) is 1.54. The first-order valence-electron chi connectivity index (χ1n) is 6.56. The van der Waals surface area contributed by atoms with Crippen molar-refractivity contribution in [2.45, 2.75) is 26.7 Å². The van der Waals surface area contributed by atoms with Crippen LogP contribution in [0.25, 0.3) is 6.08 Å². The van der Waals surface area contributed by atoms with Gasteiger partial charge in [-0.1, -0.05) is 13.3 Å². The Balaban J connectivity index is 2.92. The first-order valence-corrected chi connectivity index (χ1v) is 6.56. The van der Waals surface area contributed by atoms with Crippen LogP contribution in [0.1, 0.15) is 32.3 Å². The predicted octanol–water partition coefficient (Wildman–Crippen LogP) is 3.28. The zero-order valence-electron chi connectivity index (χ0n) is 11.9. The molecule has 0 saturated heterocycles. The van der Waals surface area contributed by atoms with Crippen LogP contribution in [0, 0.1) is 11.6 Å². The van der Waals surface area contributed by atoms with Gasteiger partial charge in [0.05, 0.1) is 12.3 Å². The molecule has 0 bridgehead atoms. The van der Waals surface area contributed by atoms with Crippen molar-refractivity contribution in [2.75, 3.05) is 11.9 Å². The van der Waals surface area contributed by atoms with Gasteiger partial charge in [0.15, 0.2) is 11.6 Å². The summed E-state index contributed by atoms with van der Waals surface area (Å²) in [5.74, 6) is -3.29. The number of amides is 1. The van der Waals surface area contributed by atoms with Crippen LogP contribution >= 0.6 is 0 Å². The summed E-state index contributed by atoms with van der Waals surface area (Å²) in [6.07, 6.45) is 3.68. The molecule has 1 aromatic carbocycles. The van der Waals surface area contributed by atoms with Crippen LogP contribution in [0.5, 0.6) is 0 Å². The smallest absolute Gasteiger partial charge is 0.330 e. The summed E-state index contributed by atoms with van der Waals surface area (Å²) in [5, 5.41) is 2.37. The SMILES string of the molecule is CCCCOC(=O)/C=C/c1c(NC(C)=O)ccc(F)c1F. The summed E-state index contributed by atoms with van der Waals surface area (Å²) in [4.78, 5) is 22.4. The van der Waals surface area contributed by atoms with Gasteiger partial charge < -0.3 is 10.1 Å². The van der Waals surface area contributed by atoms with Gasteiger partial charge in [0.2, 0.25) is 5.91 Å². The number of nitrogens with one attached hydrogen (secondary N) is 1. The molecule has 1 rings (SSSR count). The Morgan fingerprint density at radius 3 is 2.67 bits per heavy atom. The zero-order chi connectivity index (χ0) is 15.8. The molecule has 114 valence electrons. The summed E-state index contributed by atoms with van der Waals surface area (Å²) >= 11 is 0. The van der Waals surface area contributed by atoms with Gasteiger partial charge in [0.1, 0.15) is 0 Å². The van der Waals surface area contributed by atoms with Crippen molar-refractivity contribution < 1.29 is 23.1 Å². The van der Waals surface area contributed by atoms with Gasteiger partial charge >= 0.3 is 5.97 Å². The molecule has 1 aromatic rings. The van der Waals surface area contributed by atoms with E-state index < -0.39 is 23.5 Å². The summed E-state index contributed by atoms with van der Waals surface area (Å²) in [6.45, 7) is 3.46. The maximum absolute atomic E-state index is 13.7. The number of hydrogen-bond donors (Lipinski definition) is 1. The number of carbonyl (C=O) groups is 2. The number of esters is 1. The molecule has 21 heavy (non-hydrogen) atoms. The third-order valence-electron chi connectivity index (χ3n) is 2.57. The molecule has 6 heteroatoms. The highest BCUT2D eigenvalue weighted by Gasteiger charge is 2.12. The van der Waals surface area contributed by atoms with Crippen LogP contribution < -0.4 is 5.32 Å². The Kier molecular flexibility index (Phi) is 6.52. The molecule has 0 heterocycles. The van der Waals surface area contributed by atoms with Crippen LogP contribution in [0.2, 0.25) is 0 Å². The molecule has 0 aromatic heterocycles. The average Bonchev–Trinajstić information content (AvgIpc) is 2.42. The maximum atomic E-state index is 13.7. The topological polar surface area (TPSA) is 55.4 Å². The molecule has 4 nitrogen and oxygen atoms in total. The highest BCUT2D eigenvalue weighted by Crippen LogP contribution is 2.23. The summed E-state index contributed by atoms with van der Waals surface area (Å²) in [5.41, 5.74) is -0.128. The largest absolute Gasteiger partial charge is 0.463 e. The quantitative estimate of drug-likeness (QED) is 0.498. The number of carbonyl (C=O) groups excluding carboxylic acids is 2. The summed E-state index contributed by atoms with van der Waals surface area (Å²) < 4.78 is 31.8. The number of halogens is 2. The molecule has 0 aliphatic rings. The van der Waals surface area contributed by atoms with E-state index in [1.807, 2.05) is 6.92 Å². The lowest BCUT2D eigenvalue weighted by atomic mass is 10.1. The number of benzene rings is 1. The molecule has 0 aliphatic heterocycles. The van der Waals surface area contributed by atoms with Crippen molar-refractivity contribution >= 4 is 23.6 Å². The fraction of sp³-hybridized carbons (Fsp3) is 0.333. The van der Waals surface area contributed by atoms with Gasteiger partial charge in [-0.05, 0) is 24.6 Å². The third-order valence-corrected chi connectivity index (χ3v) is 2.57. The summed E-state index contributed by atoms with van der Waals surface area (Å²) in [6, 6.07) is 2.12. The Bertz CT molecular complexity index is 556. The van der Waals surface area contributed by atoms with Gasteiger partial charge in [-0.15, -0.1) is 0 Å². The molecule has 1 N–H and O–H groups in total. The van der Waals surface area contributed by atoms with E-state index in [0.717, 1.165) is 31.1 Å². The molecule has 0 spiro atoms. The molecule has 0 radical (unpaired) electrons. The molecule has 0 fully saturated rings. The van der Waals surface area contributed by atoms with E-state index >= 15 is 0 Å². The van der Waals surface area contributed by atoms with E-state index in [-0.39, 0.29) is 17.9 Å². The Hall–Kier alpha value is -2.24. The van der Waals surface area contributed by atoms with Crippen molar-refractivity contribution in [2.24, 2.45) is 0 Å². The first kappa shape index (κ1) is 16.8. The zero-order valence-corrected chi connectivity index (χ0v) is 11.9. The average molecular weight is 297 g/mol. The molecule has 0 saturated carbocycles. The van der Waals surface area contributed by atoms with E-state index in [1.54, 1.807) is 0 Å². The first-order chi connectivity index (χ1) is 9.95. The van der Waals surface area contributed by atoms with E-state index in [1.165, 1.54) is 13.0 Å². The Morgan fingerprint density at radius 1 is 1.33 bits per heavy atom. The molecular formula is C15H17F2NO3. The van der Waals surface area contributed by atoms with Crippen LogP contribution in [0.4, 0.5) is 14.5 Å². The molecular weight excluding hydrogens is 280 g/mol. The van der Waals surface area contributed by atoms with Crippen molar-refractivity contribution in [3.05, 3.63) is 35.4 Å². The summed E-state index contributed by atoms with van der Waals surface area (Å²) in [7, 11) is 0. The van der Waals surface area contributed by atoms with Crippen molar-refractivity contribution in [1.29, 1.82) is 0 Å². The van der Waals surface area contributed by atoms with E-state index in [4.69, 9.17) is 4.74 Å². The van der Waals surface area contributed by atoms with E-state index in [9.17, 15) is 18.4 Å². The van der Waals surface area contributed by atoms with Crippen LogP contribution in [-0.4, -0.2) is 18.5 Å². The normalized spacial score (nSPS) is 10.7. The van der Waals surface area contributed by atoms with Crippen LogP contribution in [-0.2, 0) is 14.3 Å². The van der Waals surface area contributed by atoms with Gasteiger partial charge in [0.25, 0.3) is 0 Å². The minimum Gasteiger partial charge on any atom is -0.463 e. The number of unbranched alkanes of at least 4 members (excludes halogenated alkanes) is 1. The number of rotatable bonds is 6. The number of hydrogen-bond acceptors (Lipinski definition) is 3. The Labute approximate surface area is 121 Å². The van der Waals surface area contributed by atoms with Crippen LogP contribution in [0.3, 0.4) is 0 Å².